The number of carbonyl (C=O) groups is 2. The van der Waals surface area contributed by atoms with Gasteiger partial charge in [-0.25, -0.2) is 5.43 Å². The molecule has 0 atom stereocenters. The number of anilines is 1. The van der Waals surface area contributed by atoms with E-state index in [2.05, 4.69) is 15.8 Å². The van der Waals surface area contributed by atoms with Gasteiger partial charge in [0.1, 0.15) is 17.2 Å². The summed E-state index contributed by atoms with van der Waals surface area (Å²) in [4.78, 5) is 25.5. The number of rotatable bonds is 8. The number of nitrogens with zero attached hydrogens (tertiary/aromatic N) is 1. The number of hydrogen-bond donors (Lipinski definition) is 2. The summed E-state index contributed by atoms with van der Waals surface area (Å²) >= 11 is 0. The molecular formula is C25H25N3O5. The molecular weight excluding hydrogens is 422 g/mol. The molecule has 0 aliphatic heterocycles. The third-order valence-corrected chi connectivity index (χ3v) is 4.88. The minimum absolute atomic E-state index is 0.270. The van der Waals surface area contributed by atoms with Crippen molar-refractivity contribution in [3.05, 3.63) is 83.4 Å². The third kappa shape index (κ3) is 5.68. The largest absolute Gasteiger partial charge is 0.497 e. The monoisotopic (exact) mass is 447 g/mol. The number of ether oxygens (including phenoxy) is 3. The van der Waals surface area contributed by atoms with Crippen molar-refractivity contribution < 1.29 is 23.8 Å². The maximum absolute atomic E-state index is 12.8. The molecule has 0 aromatic heterocycles. The Morgan fingerprint density at radius 2 is 1.48 bits per heavy atom. The molecule has 2 amide bonds. The van der Waals surface area contributed by atoms with E-state index in [0.717, 1.165) is 0 Å². The molecule has 170 valence electrons. The highest BCUT2D eigenvalue weighted by Gasteiger charge is 2.15. The number of carbonyl (C=O) groups excluding carboxylic acids is 2. The van der Waals surface area contributed by atoms with Crippen LogP contribution in [0, 0.1) is 0 Å². The molecule has 3 aromatic carbocycles. The Morgan fingerprint density at radius 3 is 2.21 bits per heavy atom. The van der Waals surface area contributed by atoms with Crippen LogP contribution in [0.1, 0.15) is 33.2 Å². The van der Waals surface area contributed by atoms with Crippen LogP contribution in [-0.4, -0.2) is 38.9 Å². The summed E-state index contributed by atoms with van der Waals surface area (Å²) in [5.41, 5.74) is 4.83. The molecule has 33 heavy (non-hydrogen) atoms. The van der Waals surface area contributed by atoms with Crippen LogP contribution < -0.4 is 25.0 Å². The zero-order valence-corrected chi connectivity index (χ0v) is 18.8. The quantitative estimate of drug-likeness (QED) is 0.400. The fraction of sp³-hybridized carbons (Fsp3) is 0.160. The highest BCUT2D eigenvalue weighted by Crippen LogP contribution is 2.25. The molecule has 0 aliphatic carbocycles. The molecule has 0 heterocycles. The van der Waals surface area contributed by atoms with Gasteiger partial charge in [-0.05, 0) is 49.4 Å². The lowest BCUT2D eigenvalue weighted by Crippen LogP contribution is -2.22. The minimum atomic E-state index is -0.469. The molecule has 8 heteroatoms. The van der Waals surface area contributed by atoms with Gasteiger partial charge in [-0.15, -0.1) is 0 Å². The van der Waals surface area contributed by atoms with Gasteiger partial charge >= 0.3 is 0 Å². The van der Waals surface area contributed by atoms with Gasteiger partial charge < -0.3 is 19.5 Å². The maximum Gasteiger partial charge on any atom is 0.273 e. The van der Waals surface area contributed by atoms with E-state index in [4.69, 9.17) is 14.2 Å². The SMILES string of the molecule is COc1cccc(C(=O)Nc2ccccc2C(=O)NN=C(C)c2ccc(OC)cc2OC)c1. The van der Waals surface area contributed by atoms with Gasteiger partial charge in [-0.1, -0.05) is 18.2 Å². The van der Waals surface area contributed by atoms with Crippen molar-refractivity contribution >= 4 is 23.2 Å². The predicted octanol–water partition coefficient (Wildman–Crippen LogP) is 4.12. The van der Waals surface area contributed by atoms with Crippen LogP contribution >= 0.6 is 0 Å². The van der Waals surface area contributed by atoms with Crippen molar-refractivity contribution in [1.29, 1.82) is 0 Å². The van der Waals surface area contributed by atoms with Crippen molar-refractivity contribution in [2.24, 2.45) is 5.10 Å². The van der Waals surface area contributed by atoms with E-state index in [0.29, 0.717) is 39.8 Å². The van der Waals surface area contributed by atoms with Gasteiger partial charge in [-0.3, -0.25) is 9.59 Å². The Labute approximate surface area is 192 Å². The Morgan fingerprint density at radius 1 is 0.758 bits per heavy atom. The molecule has 0 bridgehead atoms. The molecule has 3 aromatic rings. The van der Waals surface area contributed by atoms with E-state index in [-0.39, 0.29) is 11.5 Å². The first-order valence-electron chi connectivity index (χ1n) is 10.1. The van der Waals surface area contributed by atoms with Crippen molar-refractivity contribution in [3.63, 3.8) is 0 Å². The Bertz CT molecular complexity index is 1190. The second-order valence-electron chi connectivity index (χ2n) is 6.94. The van der Waals surface area contributed by atoms with Gasteiger partial charge in [0.25, 0.3) is 11.8 Å². The van der Waals surface area contributed by atoms with Gasteiger partial charge in [0.15, 0.2) is 0 Å². The van der Waals surface area contributed by atoms with E-state index in [1.807, 2.05) is 0 Å². The Hall–Kier alpha value is -4.33. The van der Waals surface area contributed by atoms with E-state index < -0.39 is 5.91 Å². The molecule has 3 rings (SSSR count). The normalized spacial score (nSPS) is 10.8. The van der Waals surface area contributed by atoms with Crippen LogP contribution in [0.2, 0.25) is 0 Å². The lowest BCUT2D eigenvalue weighted by molar-refractivity contribution is 0.0955. The van der Waals surface area contributed by atoms with E-state index >= 15 is 0 Å². The summed E-state index contributed by atoms with van der Waals surface area (Å²) in [6, 6.07) is 18.8. The number of methoxy groups -OCH3 is 3. The molecule has 0 spiro atoms. The average molecular weight is 447 g/mol. The van der Waals surface area contributed by atoms with E-state index in [9.17, 15) is 9.59 Å². The fourth-order valence-electron chi connectivity index (χ4n) is 3.10. The summed E-state index contributed by atoms with van der Waals surface area (Å²) in [6.07, 6.45) is 0. The zero-order valence-electron chi connectivity index (χ0n) is 18.8. The first-order valence-corrected chi connectivity index (χ1v) is 10.1. The maximum atomic E-state index is 12.8. The summed E-state index contributed by atoms with van der Waals surface area (Å²) < 4.78 is 15.8. The summed E-state index contributed by atoms with van der Waals surface area (Å²) in [5.74, 6) is 0.941. The molecule has 0 saturated carbocycles. The molecule has 0 aliphatic rings. The number of hydrazone groups is 1. The predicted molar refractivity (Wildman–Crippen MR) is 127 cm³/mol. The van der Waals surface area contributed by atoms with Crippen LogP contribution in [0.5, 0.6) is 17.2 Å². The highest BCUT2D eigenvalue weighted by atomic mass is 16.5. The van der Waals surface area contributed by atoms with Crippen LogP contribution in [0.25, 0.3) is 0 Å². The number of amides is 2. The van der Waals surface area contributed by atoms with Gasteiger partial charge in [-0.2, -0.15) is 5.10 Å². The molecule has 0 unspecified atom stereocenters. The summed E-state index contributed by atoms with van der Waals surface area (Å²) in [6.45, 7) is 1.75. The third-order valence-electron chi connectivity index (χ3n) is 4.88. The van der Waals surface area contributed by atoms with Crippen LogP contribution in [0.3, 0.4) is 0 Å². The molecule has 0 radical (unpaired) electrons. The van der Waals surface area contributed by atoms with Gasteiger partial charge in [0.2, 0.25) is 0 Å². The molecule has 0 saturated heterocycles. The van der Waals surface area contributed by atoms with Crippen molar-refractivity contribution in [3.8, 4) is 17.2 Å². The molecule has 0 fully saturated rings. The van der Waals surface area contributed by atoms with E-state index in [1.54, 1.807) is 87.9 Å². The number of para-hydroxylation sites is 1. The van der Waals surface area contributed by atoms with Crippen molar-refractivity contribution in [2.75, 3.05) is 26.6 Å². The number of hydrogen-bond acceptors (Lipinski definition) is 6. The standard InChI is InChI=1S/C25H25N3O5/c1-16(20-13-12-19(32-3)15-23(20)33-4)27-28-25(30)21-10-5-6-11-22(21)26-24(29)17-8-7-9-18(14-17)31-2/h5-15H,1-4H3,(H,26,29)(H,28,30). The Balaban J connectivity index is 1.78. The van der Waals surface area contributed by atoms with Crippen molar-refractivity contribution in [2.45, 2.75) is 6.92 Å². The Kier molecular flexibility index (Phi) is 7.64. The summed E-state index contributed by atoms with van der Waals surface area (Å²) in [7, 11) is 4.65. The first kappa shape index (κ1) is 23.3. The lowest BCUT2D eigenvalue weighted by atomic mass is 10.1. The van der Waals surface area contributed by atoms with Crippen LogP contribution in [0.4, 0.5) is 5.69 Å². The van der Waals surface area contributed by atoms with Crippen LogP contribution in [0.15, 0.2) is 71.8 Å². The average Bonchev–Trinajstić information content (AvgIpc) is 2.86. The lowest BCUT2D eigenvalue weighted by Gasteiger charge is -2.12. The summed E-state index contributed by atoms with van der Waals surface area (Å²) in [5, 5.41) is 6.97. The van der Waals surface area contributed by atoms with Crippen molar-refractivity contribution in [1.82, 2.24) is 5.43 Å². The van der Waals surface area contributed by atoms with Crippen LogP contribution in [-0.2, 0) is 0 Å². The molecule has 8 nitrogen and oxygen atoms in total. The highest BCUT2D eigenvalue weighted by molar-refractivity contribution is 6.09. The number of benzene rings is 3. The molecule has 2 N–H and O–H groups in total. The topological polar surface area (TPSA) is 98.2 Å². The second-order valence-corrected chi connectivity index (χ2v) is 6.94. The van der Waals surface area contributed by atoms with Gasteiger partial charge in [0, 0.05) is 17.2 Å². The zero-order chi connectivity index (χ0) is 23.8. The second kappa shape index (κ2) is 10.8. The van der Waals surface area contributed by atoms with E-state index in [1.165, 1.54) is 7.11 Å². The number of nitrogens with one attached hydrogen (secondary N) is 2. The smallest absolute Gasteiger partial charge is 0.273 e. The fourth-order valence-corrected chi connectivity index (χ4v) is 3.10. The minimum Gasteiger partial charge on any atom is -0.497 e. The first-order chi connectivity index (χ1) is 16.0. The van der Waals surface area contributed by atoms with Gasteiger partial charge in [0.05, 0.1) is 38.3 Å².